The fraction of sp³-hybridized carbons (Fsp3) is 0.280. The van der Waals surface area contributed by atoms with Gasteiger partial charge in [0.1, 0.15) is 5.69 Å². The van der Waals surface area contributed by atoms with E-state index in [0.29, 0.717) is 33.4 Å². The molecule has 5 rings (SSSR count). The Bertz CT molecular complexity index is 1450. The Morgan fingerprint density at radius 1 is 1.12 bits per heavy atom. The second-order valence-electron chi connectivity index (χ2n) is 8.38. The van der Waals surface area contributed by atoms with Crippen LogP contribution in [-0.4, -0.2) is 49.7 Å². The molecule has 0 spiro atoms. The number of halogens is 1. The first kappa shape index (κ1) is 22.2. The molecule has 1 fully saturated rings. The predicted molar refractivity (Wildman–Crippen MR) is 130 cm³/mol. The molecule has 0 atom stereocenters. The van der Waals surface area contributed by atoms with Gasteiger partial charge in [0.25, 0.3) is 11.5 Å². The van der Waals surface area contributed by atoms with Gasteiger partial charge < -0.3 is 9.64 Å². The number of hydrogen-bond donors (Lipinski definition) is 0. The van der Waals surface area contributed by atoms with Gasteiger partial charge in [-0.15, -0.1) is 0 Å². The quantitative estimate of drug-likeness (QED) is 0.436. The van der Waals surface area contributed by atoms with E-state index in [2.05, 4.69) is 10.1 Å². The Balaban J connectivity index is 1.51. The van der Waals surface area contributed by atoms with Gasteiger partial charge in [-0.05, 0) is 63.1 Å². The zero-order valence-corrected chi connectivity index (χ0v) is 19.7. The van der Waals surface area contributed by atoms with Crippen LogP contribution in [-0.2, 0) is 4.79 Å². The minimum atomic E-state index is -0.255. The number of carbonyl (C=O) groups excluding carboxylic acids is 1. The number of benzene rings is 1. The molecule has 3 aromatic heterocycles. The van der Waals surface area contributed by atoms with Crippen molar-refractivity contribution in [2.45, 2.75) is 26.7 Å². The topological polar surface area (TPSA) is 81.7 Å². The number of ether oxygens (including phenoxy) is 1. The monoisotopic (exact) mass is 477 g/mol. The van der Waals surface area contributed by atoms with Crippen molar-refractivity contribution in [2.75, 3.05) is 19.7 Å². The third-order valence-corrected chi connectivity index (χ3v) is 6.24. The molecular weight excluding hydrogens is 454 g/mol. The fourth-order valence-corrected chi connectivity index (χ4v) is 4.50. The van der Waals surface area contributed by atoms with Gasteiger partial charge in [-0.1, -0.05) is 17.7 Å². The summed E-state index contributed by atoms with van der Waals surface area (Å²) in [5.41, 5.74) is 3.25. The van der Waals surface area contributed by atoms with E-state index in [-0.39, 0.29) is 18.1 Å². The number of rotatable bonds is 5. The van der Waals surface area contributed by atoms with Gasteiger partial charge in [0.15, 0.2) is 18.0 Å². The molecule has 0 bridgehead atoms. The molecule has 4 heterocycles. The van der Waals surface area contributed by atoms with Gasteiger partial charge >= 0.3 is 0 Å². The zero-order valence-electron chi connectivity index (χ0n) is 19.0. The van der Waals surface area contributed by atoms with Crippen LogP contribution in [0.1, 0.15) is 24.2 Å². The summed E-state index contributed by atoms with van der Waals surface area (Å²) in [6.45, 7) is 5.14. The highest BCUT2D eigenvalue weighted by molar-refractivity contribution is 6.30. The Kier molecular flexibility index (Phi) is 5.83. The summed E-state index contributed by atoms with van der Waals surface area (Å²) in [6.07, 6.45) is 3.68. The van der Waals surface area contributed by atoms with Gasteiger partial charge in [0.2, 0.25) is 0 Å². The highest BCUT2D eigenvalue weighted by Gasteiger charge is 2.21. The van der Waals surface area contributed by atoms with Crippen molar-refractivity contribution in [3.63, 3.8) is 0 Å². The van der Waals surface area contributed by atoms with Crippen LogP contribution in [0.2, 0.25) is 5.02 Å². The molecule has 34 heavy (non-hydrogen) atoms. The third kappa shape index (κ3) is 4.05. The number of fused-ring (bicyclic) bond motifs is 1. The number of amides is 1. The number of likely N-dealkylation sites (tertiary alicyclic amines) is 1. The van der Waals surface area contributed by atoms with Crippen LogP contribution < -0.4 is 10.3 Å². The number of aromatic nitrogens is 4. The van der Waals surface area contributed by atoms with Gasteiger partial charge in [0.05, 0.1) is 16.9 Å². The average molecular weight is 478 g/mol. The maximum Gasteiger partial charge on any atom is 0.267 e. The summed E-state index contributed by atoms with van der Waals surface area (Å²) in [4.78, 5) is 32.3. The normalized spacial score (nSPS) is 13.6. The number of pyridine rings is 1. The van der Waals surface area contributed by atoms with E-state index >= 15 is 0 Å². The molecular formula is C25H24ClN5O3. The van der Waals surface area contributed by atoms with Crippen molar-refractivity contribution < 1.29 is 9.53 Å². The summed E-state index contributed by atoms with van der Waals surface area (Å²) in [6, 6.07) is 12.7. The zero-order chi connectivity index (χ0) is 23.8. The molecule has 0 unspecified atom stereocenters. The second kappa shape index (κ2) is 8.95. The summed E-state index contributed by atoms with van der Waals surface area (Å²) >= 11 is 6.14. The summed E-state index contributed by atoms with van der Waals surface area (Å²) in [7, 11) is 0. The molecule has 1 saturated heterocycles. The first-order chi connectivity index (χ1) is 16.4. The van der Waals surface area contributed by atoms with Crippen LogP contribution in [0.5, 0.6) is 5.75 Å². The summed E-state index contributed by atoms with van der Waals surface area (Å²) < 4.78 is 8.98. The Morgan fingerprint density at radius 2 is 1.91 bits per heavy atom. The van der Waals surface area contributed by atoms with E-state index in [1.807, 2.05) is 31.2 Å². The lowest BCUT2D eigenvalue weighted by Crippen LogP contribution is -2.32. The molecule has 0 aliphatic carbocycles. The van der Waals surface area contributed by atoms with Crippen molar-refractivity contribution in [1.82, 2.24) is 24.1 Å². The molecule has 4 aromatic rings. The highest BCUT2D eigenvalue weighted by Crippen LogP contribution is 2.25. The van der Waals surface area contributed by atoms with E-state index in [9.17, 15) is 9.59 Å². The molecule has 9 heteroatoms. The number of carbonyl (C=O) groups is 1. The van der Waals surface area contributed by atoms with Crippen LogP contribution in [0.15, 0.2) is 53.5 Å². The van der Waals surface area contributed by atoms with E-state index in [0.717, 1.165) is 37.3 Å². The minimum absolute atomic E-state index is 0.0581. The second-order valence-corrected chi connectivity index (χ2v) is 8.82. The van der Waals surface area contributed by atoms with Crippen LogP contribution in [0.25, 0.3) is 22.6 Å². The highest BCUT2D eigenvalue weighted by atomic mass is 35.5. The first-order valence-corrected chi connectivity index (χ1v) is 11.6. The lowest BCUT2D eigenvalue weighted by Gasteiger charge is -2.16. The van der Waals surface area contributed by atoms with Crippen molar-refractivity contribution in [3.05, 3.63) is 75.4 Å². The maximum absolute atomic E-state index is 13.5. The average Bonchev–Trinajstić information content (AvgIpc) is 3.48. The van der Waals surface area contributed by atoms with Crippen molar-refractivity contribution in [1.29, 1.82) is 0 Å². The molecule has 0 radical (unpaired) electrons. The Labute approximate surface area is 201 Å². The SMILES string of the molecule is Cc1nc2c(OCC(=O)N3CCCC3)cccn2c(=O)c1-c1cc(C)n(-c2cccc(Cl)c2)n1. The molecule has 1 aromatic carbocycles. The summed E-state index contributed by atoms with van der Waals surface area (Å²) in [5, 5.41) is 5.27. The van der Waals surface area contributed by atoms with Gasteiger partial charge in [-0.2, -0.15) is 5.10 Å². The van der Waals surface area contributed by atoms with Crippen molar-refractivity contribution in [2.24, 2.45) is 0 Å². The number of nitrogens with zero attached hydrogens (tertiary/aromatic N) is 5. The van der Waals surface area contributed by atoms with E-state index in [1.54, 1.807) is 40.9 Å². The molecule has 0 N–H and O–H groups in total. The van der Waals surface area contributed by atoms with Crippen LogP contribution in [0.3, 0.4) is 0 Å². The number of aryl methyl sites for hydroxylation is 2. The van der Waals surface area contributed by atoms with Gasteiger partial charge in [-0.25, -0.2) is 9.67 Å². The molecule has 8 nitrogen and oxygen atoms in total. The van der Waals surface area contributed by atoms with E-state index in [4.69, 9.17) is 16.3 Å². The first-order valence-electron chi connectivity index (χ1n) is 11.2. The largest absolute Gasteiger partial charge is 0.480 e. The standard InChI is InChI=1S/C25H24ClN5O3/c1-16-13-20(28-31(16)19-8-5-7-18(26)14-19)23-17(2)27-24-21(9-6-12-30(24)25(23)33)34-15-22(32)29-10-3-4-11-29/h5-9,12-14H,3-4,10-11,15H2,1-2H3. The smallest absolute Gasteiger partial charge is 0.267 e. The Morgan fingerprint density at radius 3 is 2.68 bits per heavy atom. The molecule has 0 saturated carbocycles. The van der Waals surface area contributed by atoms with E-state index < -0.39 is 0 Å². The van der Waals surface area contributed by atoms with Gasteiger partial charge in [0, 0.05) is 30.0 Å². The molecule has 1 amide bonds. The maximum atomic E-state index is 13.5. The summed E-state index contributed by atoms with van der Waals surface area (Å²) in [5.74, 6) is 0.333. The van der Waals surface area contributed by atoms with Crippen molar-refractivity contribution in [3.8, 4) is 22.7 Å². The lowest BCUT2D eigenvalue weighted by molar-refractivity contribution is -0.132. The van der Waals surface area contributed by atoms with Gasteiger partial charge in [-0.3, -0.25) is 14.0 Å². The van der Waals surface area contributed by atoms with E-state index in [1.165, 1.54) is 4.40 Å². The van der Waals surface area contributed by atoms with Crippen molar-refractivity contribution >= 4 is 23.2 Å². The van der Waals surface area contributed by atoms with Crippen LogP contribution >= 0.6 is 11.6 Å². The predicted octanol–water partition coefficient (Wildman–Crippen LogP) is 3.82. The molecule has 1 aliphatic rings. The van der Waals surface area contributed by atoms with Crippen LogP contribution in [0.4, 0.5) is 0 Å². The fourth-order valence-electron chi connectivity index (χ4n) is 4.31. The Hall–Kier alpha value is -3.65. The minimum Gasteiger partial charge on any atom is -0.480 e. The number of hydrogen-bond acceptors (Lipinski definition) is 5. The molecule has 1 aliphatic heterocycles. The molecule has 174 valence electrons. The van der Waals surface area contributed by atoms with Crippen LogP contribution in [0, 0.1) is 13.8 Å². The lowest BCUT2D eigenvalue weighted by atomic mass is 10.1. The third-order valence-electron chi connectivity index (χ3n) is 6.01.